The number of aromatic nitrogens is 1. The molecule has 2 nitrogen and oxygen atoms in total. The molecule has 88 valence electrons. The predicted octanol–water partition coefficient (Wildman–Crippen LogP) is 3.33. The lowest BCUT2D eigenvalue weighted by molar-refractivity contribution is -0.138. The van der Waals surface area contributed by atoms with E-state index in [-0.39, 0.29) is 5.56 Å². The summed E-state index contributed by atoms with van der Waals surface area (Å²) in [6.45, 7) is 4.72. The van der Waals surface area contributed by atoms with Crippen LogP contribution in [0, 0.1) is 5.41 Å². The molecule has 0 saturated carbocycles. The van der Waals surface area contributed by atoms with Crippen LogP contribution in [0.15, 0.2) is 18.5 Å². The third-order valence-electron chi connectivity index (χ3n) is 2.05. The number of nitrogens with zero attached hydrogens (tertiary/aromatic N) is 1. The van der Waals surface area contributed by atoms with Crippen LogP contribution in [0.3, 0.4) is 0 Å². The van der Waals surface area contributed by atoms with Crippen molar-refractivity contribution in [1.29, 1.82) is 0 Å². The third-order valence-corrected chi connectivity index (χ3v) is 2.05. The Kier molecular flexibility index (Phi) is 3.08. The minimum atomic E-state index is -4.53. The molecule has 0 bridgehead atoms. The highest BCUT2D eigenvalue weighted by atomic mass is 19.4. The Labute approximate surface area is 91.5 Å². The zero-order chi connectivity index (χ0) is 12.6. The van der Waals surface area contributed by atoms with Gasteiger partial charge in [-0.15, -0.1) is 0 Å². The van der Waals surface area contributed by atoms with Crippen LogP contribution >= 0.6 is 0 Å². The molecular formula is C11H12F3NO. The summed E-state index contributed by atoms with van der Waals surface area (Å²) in [6.07, 6.45) is -2.53. The second kappa shape index (κ2) is 3.88. The van der Waals surface area contributed by atoms with Crippen LogP contribution < -0.4 is 0 Å². The Morgan fingerprint density at radius 2 is 1.81 bits per heavy atom. The molecule has 0 spiro atoms. The number of hydrogen-bond donors (Lipinski definition) is 0. The Hall–Kier alpha value is -1.39. The van der Waals surface area contributed by atoms with Crippen molar-refractivity contribution in [2.75, 3.05) is 0 Å². The van der Waals surface area contributed by atoms with Gasteiger partial charge in [0.05, 0.1) is 5.56 Å². The van der Waals surface area contributed by atoms with E-state index >= 15 is 0 Å². The number of halogens is 3. The van der Waals surface area contributed by atoms with Gasteiger partial charge in [0, 0.05) is 23.4 Å². The first-order valence-electron chi connectivity index (χ1n) is 4.70. The maximum Gasteiger partial charge on any atom is 0.417 e. The van der Waals surface area contributed by atoms with Gasteiger partial charge >= 0.3 is 6.18 Å². The third kappa shape index (κ3) is 2.59. The summed E-state index contributed by atoms with van der Waals surface area (Å²) < 4.78 is 37.9. The van der Waals surface area contributed by atoms with Crippen LogP contribution in [0.4, 0.5) is 13.2 Å². The average Bonchev–Trinajstić information content (AvgIpc) is 2.14. The van der Waals surface area contributed by atoms with E-state index in [2.05, 4.69) is 4.98 Å². The lowest BCUT2D eigenvalue weighted by Gasteiger charge is -2.19. The van der Waals surface area contributed by atoms with Crippen LogP contribution in [-0.4, -0.2) is 10.8 Å². The monoisotopic (exact) mass is 231 g/mol. The van der Waals surface area contributed by atoms with Crippen LogP contribution in [0.1, 0.15) is 36.7 Å². The largest absolute Gasteiger partial charge is 0.417 e. The average molecular weight is 231 g/mol. The molecule has 0 aromatic carbocycles. The molecule has 0 atom stereocenters. The van der Waals surface area contributed by atoms with Crippen molar-refractivity contribution in [3.8, 4) is 0 Å². The molecular weight excluding hydrogens is 219 g/mol. The molecule has 1 rings (SSSR count). The zero-order valence-corrected chi connectivity index (χ0v) is 9.22. The second-order valence-corrected chi connectivity index (χ2v) is 4.50. The van der Waals surface area contributed by atoms with Gasteiger partial charge in [0.15, 0.2) is 5.78 Å². The summed E-state index contributed by atoms with van der Waals surface area (Å²) in [5.74, 6) is -0.562. The lowest BCUT2D eigenvalue weighted by atomic mass is 9.85. The predicted molar refractivity (Wildman–Crippen MR) is 53.0 cm³/mol. The first kappa shape index (κ1) is 12.7. The summed E-state index contributed by atoms with van der Waals surface area (Å²) in [5.41, 5.74) is -2.16. The number of Topliss-reactive ketones (excluding diaryl/α,β-unsaturated/α-hetero) is 1. The highest BCUT2D eigenvalue weighted by molar-refractivity contribution is 6.00. The molecule has 0 radical (unpaired) electrons. The molecule has 16 heavy (non-hydrogen) atoms. The van der Waals surface area contributed by atoms with Crippen molar-refractivity contribution < 1.29 is 18.0 Å². The van der Waals surface area contributed by atoms with E-state index in [0.717, 1.165) is 18.5 Å². The van der Waals surface area contributed by atoms with Crippen LogP contribution in [-0.2, 0) is 6.18 Å². The minimum absolute atomic E-state index is 0.373. The molecule has 0 unspecified atom stereocenters. The normalized spacial score (nSPS) is 12.6. The second-order valence-electron chi connectivity index (χ2n) is 4.50. The Bertz CT molecular complexity index is 404. The van der Waals surface area contributed by atoms with Gasteiger partial charge in [0.2, 0.25) is 0 Å². The number of alkyl halides is 3. The quantitative estimate of drug-likeness (QED) is 0.694. The van der Waals surface area contributed by atoms with Crippen molar-refractivity contribution in [2.45, 2.75) is 26.9 Å². The van der Waals surface area contributed by atoms with Crippen molar-refractivity contribution in [3.63, 3.8) is 0 Å². The number of hydrogen-bond acceptors (Lipinski definition) is 2. The van der Waals surface area contributed by atoms with Crippen molar-refractivity contribution in [2.24, 2.45) is 5.41 Å². The number of rotatable bonds is 1. The Morgan fingerprint density at radius 3 is 2.25 bits per heavy atom. The molecule has 0 saturated heterocycles. The molecule has 0 aliphatic heterocycles. The molecule has 5 heteroatoms. The molecule has 0 aliphatic rings. The van der Waals surface area contributed by atoms with Gasteiger partial charge in [-0.3, -0.25) is 9.78 Å². The Balaban J connectivity index is 3.31. The molecule has 1 heterocycles. The first-order valence-corrected chi connectivity index (χ1v) is 4.70. The summed E-state index contributed by atoms with van der Waals surface area (Å²) in [5, 5.41) is 0. The van der Waals surface area contributed by atoms with E-state index in [1.165, 1.54) is 0 Å². The summed E-state index contributed by atoms with van der Waals surface area (Å²) in [4.78, 5) is 15.4. The van der Waals surface area contributed by atoms with E-state index in [1.54, 1.807) is 20.8 Å². The summed E-state index contributed by atoms with van der Waals surface area (Å²) in [6, 6.07) is 0.818. The number of ketones is 1. The van der Waals surface area contributed by atoms with E-state index in [0.29, 0.717) is 0 Å². The lowest BCUT2D eigenvalue weighted by Crippen LogP contribution is -2.24. The van der Waals surface area contributed by atoms with Gasteiger partial charge in [0.1, 0.15) is 0 Å². The number of carbonyl (C=O) groups is 1. The van der Waals surface area contributed by atoms with E-state index in [9.17, 15) is 18.0 Å². The molecule has 0 fully saturated rings. The maximum atomic E-state index is 12.6. The summed E-state index contributed by atoms with van der Waals surface area (Å²) in [7, 11) is 0. The fourth-order valence-electron chi connectivity index (χ4n) is 1.23. The fraction of sp³-hybridized carbons (Fsp3) is 0.455. The minimum Gasteiger partial charge on any atom is -0.294 e. The van der Waals surface area contributed by atoms with Gasteiger partial charge < -0.3 is 0 Å². The fourth-order valence-corrected chi connectivity index (χ4v) is 1.23. The smallest absolute Gasteiger partial charge is 0.294 e. The molecule has 0 N–H and O–H groups in total. The SMILES string of the molecule is CC(C)(C)C(=O)c1cnccc1C(F)(F)F. The van der Waals surface area contributed by atoms with E-state index < -0.39 is 22.9 Å². The molecule has 0 amide bonds. The van der Waals surface area contributed by atoms with Crippen LogP contribution in [0.2, 0.25) is 0 Å². The van der Waals surface area contributed by atoms with Crippen molar-refractivity contribution >= 4 is 5.78 Å². The highest BCUT2D eigenvalue weighted by Crippen LogP contribution is 2.34. The topological polar surface area (TPSA) is 30.0 Å². The van der Waals surface area contributed by atoms with Gasteiger partial charge in [-0.25, -0.2) is 0 Å². The Morgan fingerprint density at radius 1 is 1.25 bits per heavy atom. The first-order chi connectivity index (χ1) is 7.14. The molecule has 1 aromatic rings. The molecule has 1 aromatic heterocycles. The number of carbonyl (C=O) groups excluding carboxylic acids is 1. The maximum absolute atomic E-state index is 12.6. The van der Waals surface area contributed by atoms with E-state index in [4.69, 9.17) is 0 Å². The van der Waals surface area contributed by atoms with Gasteiger partial charge in [-0.2, -0.15) is 13.2 Å². The van der Waals surface area contributed by atoms with Gasteiger partial charge in [-0.1, -0.05) is 20.8 Å². The van der Waals surface area contributed by atoms with Gasteiger partial charge in [0.25, 0.3) is 0 Å². The zero-order valence-electron chi connectivity index (χ0n) is 9.22. The van der Waals surface area contributed by atoms with Crippen LogP contribution in [0.5, 0.6) is 0 Å². The standard InChI is InChI=1S/C11H12F3NO/c1-10(2,3)9(16)7-6-15-5-4-8(7)11(12,13)14/h4-6H,1-3H3. The van der Waals surface area contributed by atoms with Crippen molar-refractivity contribution in [1.82, 2.24) is 4.98 Å². The van der Waals surface area contributed by atoms with Gasteiger partial charge in [-0.05, 0) is 6.07 Å². The molecule has 0 aliphatic carbocycles. The highest BCUT2D eigenvalue weighted by Gasteiger charge is 2.37. The van der Waals surface area contributed by atoms with E-state index in [1.807, 2.05) is 0 Å². The summed E-state index contributed by atoms with van der Waals surface area (Å²) >= 11 is 0. The number of pyridine rings is 1. The van der Waals surface area contributed by atoms with Crippen LogP contribution in [0.25, 0.3) is 0 Å². The van der Waals surface area contributed by atoms with Crippen molar-refractivity contribution in [3.05, 3.63) is 29.6 Å².